The van der Waals surface area contributed by atoms with Crippen LogP contribution in [0.2, 0.25) is 0 Å². The largest absolute Gasteiger partial charge is 0.396 e. The van der Waals surface area contributed by atoms with Crippen molar-refractivity contribution >= 4 is 5.91 Å². The fourth-order valence-corrected chi connectivity index (χ4v) is 1.91. The predicted molar refractivity (Wildman–Crippen MR) is 51.2 cm³/mol. The van der Waals surface area contributed by atoms with Gasteiger partial charge in [-0.3, -0.25) is 4.79 Å². The van der Waals surface area contributed by atoms with Crippen molar-refractivity contribution in [3.8, 4) is 0 Å². The molecule has 1 aliphatic carbocycles. The summed E-state index contributed by atoms with van der Waals surface area (Å²) < 4.78 is 0. The fourth-order valence-electron chi connectivity index (χ4n) is 1.91. The van der Waals surface area contributed by atoms with Crippen LogP contribution in [0.15, 0.2) is 0 Å². The first kappa shape index (κ1) is 10.5. The second kappa shape index (κ2) is 5.22. The Morgan fingerprint density at radius 1 is 1.31 bits per heavy atom. The maximum absolute atomic E-state index is 10.7. The van der Waals surface area contributed by atoms with Crippen LogP contribution in [-0.2, 0) is 4.79 Å². The van der Waals surface area contributed by atoms with Crippen LogP contribution in [0.4, 0.5) is 0 Å². The molecule has 0 radical (unpaired) electrons. The van der Waals surface area contributed by atoms with Gasteiger partial charge >= 0.3 is 0 Å². The van der Waals surface area contributed by atoms with Crippen LogP contribution in [0.3, 0.4) is 0 Å². The number of hydrogen-bond acceptors (Lipinski definition) is 2. The van der Waals surface area contributed by atoms with E-state index in [0.717, 1.165) is 32.2 Å². The van der Waals surface area contributed by atoms with Gasteiger partial charge in [0.1, 0.15) is 0 Å². The molecule has 0 unspecified atom stereocenters. The molecule has 0 atom stereocenters. The monoisotopic (exact) mass is 185 g/mol. The SMILES string of the molecule is CC(=O)NC[C@H]1CC[C@H](CO)CC1. The minimum absolute atomic E-state index is 0.0595. The zero-order valence-corrected chi connectivity index (χ0v) is 8.25. The smallest absolute Gasteiger partial charge is 0.216 e. The van der Waals surface area contributed by atoms with Crippen LogP contribution in [-0.4, -0.2) is 24.2 Å². The Bertz CT molecular complexity index is 162. The summed E-state index contributed by atoms with van der Waals surface area (Å²) in [5, 5.41) is 11.8. The number of amides is 1. The van der Waals surface area contributed by atoms with Gasteiger partial charge in [0.25, 0.3) is 0 Å². The molecule has 1 aliphatic rings. The van der Waals surface area contributed by atoms with Gasteiger partial charge in [0.15, 0.2) is 0 Å². The van der Waals surface area contributed by atoms with Gasteiger partial charge in [-0.2, -0.15) is 0 Å². The average Bonchev–Trinajstić information content (AvgIpc) is 2.15. The molecule has 0 aromatic carbocycles. The molecule has 3 heteroatoms. The molecule has 0 aliphatic heterocycles. The highest BCUT2D eigenvalue weighted by molar-refractivity contribution is 5.72. The van der Waals surface area contributed by atoms with Gasteiger partial charge in [0.05, 0.1) is 0 Å². The molecular weight excluding hydrogens is 166 g/mol. The first-order valence-corrected chi connectivity index (χ1v) is 5.07. The zero-order valence-electron chi connectivity index (χ0n) is 8.25. The molecule has 0 heterocycles. The van der Waals surface area contributed by atoms with Gasteiger partial charge in [-0.15, -0.1) is 0 Å². The molecule has 13 heavy (non-hydrogen) atoms. The molecule has 1 saturated carbocycles. The van der Waals surface area contributed by atoms with Crippen molar-refractivity contribution < 1.29 is 9.90 Å². The quantitative estimate of drug-likeness (QED) is 0.687. The van der Waals surface area contributed by atoms with Crippen LogP contribution in [0.25, 0.3) is 0 Å². The van der Waals surface area contributed by atoms with Gasteiger partial charge in [-0.1, -0.05) is 0 Å². The van der Waals surface area contributed by atoms with Crippen LogP contribution >= 0.6 is 0 Å². The van der Waals surface area contributed by atoms with E-state index >= 15 is 0 Å². The molecule has 1 rings (SSSR count). The van der Waals surface area contributed by atoms with Gasteiger partial charge in [-0.25, -0.2) is 0 Å². The highest BCUT2D eigenvalue weighted by Crippen LogP contribution is 2.27. The maximum atomic E-state index is 10.7. The molecule has 1 fully saturated rings. The second-order valence-electron chi connectivity index (χ2n) is 4.01. The molecule has 0 aromatic rings. The molecule has 0 spiro atoms. The lowest BCUT2D eigenvalue weighted by atomic mass is 9.82. The van der Waals surface area contributed by atoms with Crippen molar-refractivity contribution in [1.82, 2.24) is 5.32 Å². The Labute approximate surface area is 79.5 Å². The van der Waals surface area contributed by atoms with Crippen LogP contribution in [0, 0.1) is 11.8 Å². The van der Waals surface area contributed by atoms with Crippen LogP contribution < -0.4 is 5.32 Å². The highest BCUT2D eigenvalue weighted by Gasteiger charge is 2.20. The molecule has 0 saturated heterocycles. The van der Waals surface area contributed by atoms with Crippen molar-refractivity contribution in [1.29, 1.82) is 0 Å². The first-order chi connectivity index (χ1) is 6.22. The normalized spacial score (nSPS) is 28.5. The third-order valence-electron chi connectivity index (χ3n) is 2.86. The molecule has 76 valence electrons. The van der Waals surface area contributed by atoms with Crippen molar-refractivity contribution in [2.75, 3.05) is 13.2 Å². The van der Waals surface area contributed by atoms with Crippen LogP contribution in [0.1, 0.15) is 32.6 Å². The number of hydrogen-bond donors (Lipinski definition) is 2. The highest BCUT2D eigenvalue weighted by atomic mass is 16.3. The first-order valence-electron chi connectivity index (χ1n) is 5.07. The van der Waals surface area contributed by atoms with Gasteiger partial charge in [0, 0.05) is 20.1 Å². The maximum Gasteiger partial charge on any atom is 0.216 e. The Hall–Kier alpha value is -0.570. The Morgan fingerprint density at radius 3 is 2.31 bits per heavy atom. The van der Waals surface area contributed by atoms with E-state index in [2.05, 4.69) is 5.32 Å². The van der Waals surface area contributed by atoms with Crippen LogP contribution in [0.5, 0.6) is 0 Å². The Morgan fingerprint density at radius 2 is 1.85 bits per heavy atom. The molecule has 3 nitrogen and oxygen atoms in total. The van der Waals surface area contributed by atoms with E-state index in [9.17, 15) is 4.79 Å². The number of rotatable bonds is 3. The average molecular weight is 185 g/mol. The lowest BCUT2D eigenvalue weighted by molar-refractivity contribution is -0.119. The van der Waals surface area contributed by atoms with Gasteiger partial charge in [-0.05, 0) is 37.5 Å². The number of aliphatic hydroxyl groups is 1. The number of carbonyl (C=O) groups excluding carboxylic acids is 1. The standard InChI is InChI=1S/C10H19NO2/c1-8(13)11-6-9-2-4-10(7-12)5-3-9/h9-10,12H,2-7H2,1H3,(H,11,13)/t9-,10-. The van der Waals surface area contributed by atoms with Crippen molar-refractivity contribution in [2.24, 2.45) is 11.8 Å². The molecule has 2 N–H and O–H groups in total. The van der Waals surface area contributed by atoms with E-state index in [1.54, 1.807) is 6.92 Å². The summed E-state index contributed by atoms with van der Waals surface area (Å²) in [4.78, 5) is 10.7. The summed E-state index contributed by atoms with van der Waals surface area (Å²) in [6.07, 6.45) is 4.51. The zero-order chi connectivity index (χ0) is 9.68. The number of aliphatic hydroxyl groups excluding tert-OH is 1. The molecule has 0 aromatic heterocycles. The van der Waals surface area contributed by atoms with Gasteiger partial charge in [0.2, 0.25) is 5.91 Å². The number of carbonyl (C=O) groups is 1. The van der Waals surface area contributed by atoms with E-state index < -0.39 is 0 Å². The predicted octanol–water partition coefficient (Wildman–Crippen LogP) is 0.921. The summed E-state index contributed by atoms with van der Waals surface area (Å²) in [6, 6.07) is 0. The molecular formula is C10H19NO2. The fraction of sp³-hybridized carbons (Fsp3) is 0.900. The van der Waals surface area contributed by atoms with E-state index in [1.807, 2.05) is 0 Å². The Kier molecular flexibility index (Phi) is 4.22. The van der Waals surface area contributed by atoms with Crippen molar-refractivity contribution in [2.45, 2.75) is 32.6 Å². The van der Waals surface area contributed by atoms with Gasteiger partial charge < -0.3 is 10.4 Å². The third kappa shape index (κ3) is 3.77. The Balaban J connectivity index is 2.14. The minimum atomic E-state index is 0.0595. The number of nitrogens with one attached hydrogen (secondary N) is 1. The van der Waals surface area contributed by atoms with Crippen molar-refractivity contribution in [3.63, 3.8) is 0 Å². The van der Waals surface area contributed by atoms with E-state index in [0.29, 0.717) is 18.4 Å². The van der Waals surface area contributed by atoms with Crippen molar-refractivity contribution in [3.05, 3.63) is 0 Å². The minimum Gasteiger partial charge on any atom is -0.396 e. The van der Waals surface area contributed by atoms with E-state index in [-0.39, 0.29) is 5.91 Å². The molecule has 0 bridgehead atoms. The summed E-state index contributed by atoms with van der Waals surface area (Å²) in [5.74, 6) is 1.20. The summed E-state index contributed by atoms with van der Waals surface area (Å²) in [6.45, 7) is 2.69. The summed E-state index contributed by atoms with van der Waals surface area (Å²) in [5.41, 5.74) is 0. The van der Waals surface area contributed by atoms with E-state index in [1.165, 1.54) is 0 Å². The third-order valence-corrected chi connectivity index (χ3v) is 2.86. The van der Waals surface area contributed by atoms with E-state index in [4.69, 9.17) is 5.11 Å². The molecule has 1 amide bonds. The lowest BCUT2D eigenvalue weighted by Crippen LogP contribution is -2.30. The topological polar surface area (TPSA) is 49.3 Å². The summed E-state index contributed by atoms with van der Waals surface area (Å²) >= 11 is 0. The second-order valence-corrected chi connectivity index (χ2v) is 4.01. The summed E-state index contributed by atoms with van der Waals surface area (Å²) in [7, 11) is 0. The lowest BCUT2D eigenvalue weighted by Gasteiger charge is -2.27.